The van der Waals surface area contributed by atoms with Crippen molar-refractivity contribution in [2.45, 2.75) is 6.92 Å². The number of hydrogen-bond donors (Lipinski definition) is 0. The summed E-state index contributed by atoms with van der Waals surface area (Å²) in [5.74, 6) is -0.749. The van der Waals surface area contributed by atoms with Gasteiger partial charge in [-0.2, -0.15) is 0 Å². The van der Waals surface area contributed by atoms with Crippen LogP contribution in [0.2, 0.25) is 0 Å². The number of alkyl halides is 1. The lowest BCUT2D eigenvalue weighted by molar-refractivity contribution is -0.892. The summed E-state index contributed by atoms with van der Waals surface area (Å²) < 4.78 is 17.2. The Balaban J connectivity index is 2.88. The van der Waals surface area contributed by atoms with Gasteiger partial charge >= 0.3 is 11.7 Å². The molecule has 0 fully saturated rings. The van der Waals surface area contributed by atoms with Crippen LogP contribution in [0, 0.1) is 0 Å². The molecular weight excluding hydrogens is 189 g/mol. The van der Waals surface area contributed by atoms with Crippen LogP contribution in [0.5, 0.6) is 0 Å². The number of carbonyl (C=O) groups is 1. The highest BCUT2D eigenvalue weighted by Crippen LogP contribution is 1.94. The van der Waals surface area contributed by atoms with Crippen molar-refractivity contribution >= 4 is 5.97 Å². The van der Waals surface area contributed by atoms with Crippen LogP contribution >= 0.6 is 0 Å². The van der Waals surface area contributed by atoms with Crippen LogP contribution in [0.1, 0.15) is 17.4 Å². The number of esters is 1. The largest absolute Gasteiger partial charge is 0.426 e. The van der Waals surface area contributed by atoms with Gasteiger partial charge in [-0.05, 0) is 13.0 Å². The van der Waals surface area contributed by atoms with E-state index in [1.54, 1.807) is 25.3 Å². The number of hydrogen-bond acceptors (Lipinski definition) is 3. The van der Waals surface area contributed by atoms with Gasteiger partial charge < -0.3 is 4.74 Å². The van der Waals surface area contributed by atoms with Crippen LogP contribution in [0.25, 0.3) is 0 Å². The number of nitrogens with zero attached hydrogens (tertiary/aromatic N) is 1. The maximum absolute atomic E-state index is 11.8. The van der Waals surface area contributed by atoms with Crippen LogP contribution < -0.4 is 9.57 Å². The van der Waals surface area contributed by atoms with E-state index in [4.69, 9.17) is 4.84 Å². The second-order valence-corrected chi connectivity index (χ2v) is 2.37. The van der Waals surface area contributed by atoms with Gasteiger partial charge in [0.05, 0.1) is 0 Å². The lowest BCUT2D eigenvalue weighted by atomic mass is 10.3. The molecule has 0 aliphatic carbocycles. The molecule has 1 aromatic heterocycles. The Morgan fingerprint density at radius 3 is 3.00 bits per heavy atom. The smallest absolute Gasteiger partial charge is 0.410 e. The van der Waals surface area contributed by atoms with Crippen LogP contribution in [0.4, 0.5) is 4.39 Å². The lowest BCUT2D eigenvalue weighted by Gasteiger charge is -1.99. The molecule has 1 aromatic rings. The Kier molecular flexibility index (Phi) is 3.84. The molecule has 14 heavy (non-hydrogen) atoms. The van der Waals surface area contributed by atoms with Crippen LogP contribution in [0.15, 0.2) is 24.4 Å². The van der Waals surface area contributed by atoms with Crippen LogP contribution in [-0.4, -0.2) is 19.4 Å². The van der Waals surface area contributed by atoms with Gasteiger partial charge in [-0.25, -0.2) is 9.18 Å². The molecule has 4 nitrogen and oxygen atoms in total. The van der Waals surface area contributed by atoms with Crippen LogP contribution in [0.3, 0.4) is 0 Å². The maximum Gasteiger partial charge on any atom is 0.410 e. The fraction of sp³-hybridized carbons (Fsp3) is 0.333. The van der Waals surface area contributed by atoms with E-state index in [-0.39, 0.29) is 5.69 Å². The average Bonchev–Trinajstić information content (AvgIpc) is 2.19. The van der Waals surface area contributed by atoms with Gasteiger partial charge in [0.2, 0.25) is 13.1 Å². The molecule has 1 heterocycles. The minimum absolute atomic E-state index is 0.159. The van der Waals surface area contributed by atoms with Gasteiger partial charge in [-0.15, -0.1) is 0 Å². The first kappa shape index (κ1) is 10.4. The predicted octanol–water partition coefficient (Wildman–Crippen LogP) is 0.506. The van der Waals surface area contributed by atoms with Gasteiger partial charge in [-0.3, -0.25) is 4.84 Å². The zero-order valence-electron chi connectivity index (χ0n) is 7.77. The van der Waals surface area contributed by atoms with Gasteiger partial charge in [0.1, 0.15) is 0 Å². The van der Waals surface area contributed by atoms with E-state index in [1.165, 1.54) is 10.8 Å². The molecule has 0 aliphatic heterocycles. The molecule has 0 bridgehead atoms. The summed E-state index contributed by atoms with van der Waals surface area (Å²) in [5.41, 5.74) is 0.159. The van der Waals surface area contributed by atoms with Crippen LogP contribution in [-0.2, 0) is 4.74 Å². The molecule has 0 aromatic carbocycles. The topological polar surface area (TPSA) is 39.4 Å². The SMILES string of the molecule is CCO[n+]1ccccc1C(=O)OCF. The summed E-state index contributed by atoms with van der Waals surface area (Å²) in [6.07, 6.45) is 1.55. The van der Waals surface area contributed by atoms with Crippen molar-refractivity contribution in [1.29, 1.82) is 0 Å². The van der Waals surface area contributed by atoms with E-state index in [2.05, 4.69) is 4.74 Å². The first-order valence-electron chi connectivity index (χ1n) is 4.16. The normalized spacial score (nSPS) is 9.57. The standard InChI is InChI=1S/C9H11FNO3/c1-2-14-11-6-4-3-5-8(11)9(12)13-7-10/h3-6H,2,7H2,1H3/q+1. The number of halogens is 1. The third-order valence-corrected chi connectivity index (χ3v) is 1.49. The minimum atomic E-state index is -1.14. The molecule has 0 atom stereocenters. The molecule has 0 spiro atoms. The molecule has 0 amide bonds. The second-order valence-electron chi connectivity index (χ2n) is 2.37. The second kappa shape index (κ2) is 5.16. The average molecular weight is 200 g/mol. The van der Waals surface area contributed by atoms with E-state index in [0.29, 0.717) is 6.61 Å². The number of rotatable bonds is 4. The molecule has 0 N–H and O–H groups in total. The number of carbonyl (C=O) groups excluding carboxylic acids is 1. The Morgan fingerprint density at radius 1 is 1.57 bits per heavy atom. The monoisotopic (exact) mass is 200 g/mol. The van der Waals surface area contributed by atoms with Crippen molar-refractivity contribution in [3.8, 4) is 0 Å². The van der Waals surface area contributed by atoms with Crippen molar-refractivity contribution in [2.24, 2.45) is 0 Å². The molecule has 0 saturated carbocycles. The molecule has 0 radical (unpaired) electrons. The predicted molar refractivity (Wildman–Crippen MR) is 45.1 cm³/mol. The van der Waals surface area contributed by atoms with E-state index in [9.17, 15) is 9.18 Å². The summed E-state index contributed by atoms with van der Waals surface area (Å²) in [6.45, 7) is 1.05. The fourth-order valence-corrected chi connectivity index (χ4v) is 0.961. The molecular formula is C9H11FNO3+. The molecule has 0 aliphatic rings. The Bertz CT molecular complexity index is 317. The van der Waals surface area contributed by atoms with Gasteiger partial charge in [0, 0.05) is 16.9 Å². The summed E-state index contributed by atoms with van der Waals surface area (Å²) in [7, 11) is 0. The zero-order valence-corrected chi connectivity index (χ0v) is 7.77. The summed E-state index contributed by atoms with van der Waals surface area (Å²) in [4.78, 5) is 16.3. The van der Waals surface area contributed by atoms with Gasteiger partial charge in [-0.1, -0.05) is 0 Å². The molecule has 0 unspecified atom stereocenters. The third kappa shape index (κ3) is 2.42. The first-order chi connectivity index (χ1) is 6.79. The highest BCUT2D eigenvalue weighted by Gasteiger charge is 2.21. The molecule has 1 rings (SSSR count). The van der Waals surface area contributed by atoms with E-state index in [1.807, 2.05) is 0 Å². The number of pyridine rings is 1. The van der Waals surface area contributed by atoms with Crippen molar-refractivity contribution in [2.75, 3.05) is 13.5 Å². The van der Waals surface area contributed by atoms with E-state index < -0.39 is 12.8 Å². The molecule has 0 saturated heterocycles. The van der Waals surface area contributed by atoms with Crippen molar-refractivity contribution in [3.05, 3.63) is 30.1 Å². The van der Waals surface area contributed by atoms with E-state index in [0.717, 1.165) is 0 Å². The van der Waals surface area contributed by atoms with Crippen molar-refractivity contribution in [1.82, 2.24) is 0 Å². The number of ether oxygens (including phenoxy) is 1. The lowest BCUT2D eigenvalue weighted by Crippen LogP contribution is -2.47. The Labute approximate surface area is 80.8 Å². The van der Waals surface area contributed by atoms with E-state index >= 15 is 0 Å². The maximum atomic E-state index is 11.8. The molecule has 5 heteroatoms. The van der Waals surface area contributed by atoms with Crippen molar-refractivity contribution in [3.63, 3.8) is 0 Å². The summed E-state index contributed by atoms with van der Waals surface area (Å²) >= 11 is 0. The Hall–Kier alpha value is -1.65. The first-order valence-corrected chi connectivity index (χ1v) is 4.16. The summed E-state index contributed by atoms with van der Waals surface area (Å²) in [5, 5.41) is 0. The minimum Gasteiger partial charge on any atom is -0.426 e. The fourth-order valence-electron chi connectivity index (χ4n) is 0.961. The van der Waals surface area contributed by atoms with Gasteiger partial charge in [0.15, 0.2) is 6.61 Å². The highest BCUT2D eigenvalue weighted by atomic mass is 19.1. The quantitative estimate of drug-likeness (QED) is 0.525. The Morgan fingerprint density at radius 2 is 2.36 bits per heavy atom. The third-order valence-electron chi connectivity index (χ3n) is 1.49. The molecule has 76 valence electrons. The number of aromatic nitrogens is 1. The van der Waals surface area contributed by atoms with Crippen molar-refractivity contribution < 1.29 is 23.5 Å². The summed E-state index contributed by atoms with van der Waals surface area (Å²) in [6, 6.07) is 4.83. The van der Waals surface area contributed by atoms with Gasteiger partial charge in [0.25, 0.3) is 0 Å². The zero-order chi connectivity index (χ0) is 10.4. The highest BCUT2D eigenvalue weighted by molar-refractivity contribution is 5.85.